The molecule has 1 aliphatic heterocycles. The van der Waals surface area contributed by atoms with Crippen molar-refractivity contribution >= 4 is 16.8 Å². The molecule has 1 aromatic heterocycles. The maximum Gasteiger partial charge on any atom is 0.258 e. The van der Waals surface area contributed by atoms with Gasteiger partial charge in [-0.15, -0.1) is 0 Å². The number of benzene rings is 2. The summed E-state index contributed by atoms with van der Waals surface area (Å²) in [6, 6.07) is 17.0. The Kier molecular flexibility index (Phi) is 4.70. The Balaban J connectivity index is 1.53. The Morgan fingerprint density at radius 2 is 1.89 bits per heavy atom. The fraction of sp³-hybridized carbons (Fsp3) is 0.250. The van der Waals surface area contributed by atoms with Crippen molar-refractivity contribution in [2.45, 2.75) is 12.6 Å². The SMILES string of the molecule is CN(Cc1nc2ccccc2c(=O)[nH]1)C(=O)C1CNNC1c1ccccc1. The minimum absolute atomic E-state index is 0.00263. The number of aromatic amines is 1. The van der Waals surface area contributed by atoms with Crippen LogP contribution in [-0.4, -0.2) is 34.4 Å². The average molecular weight is 363 g/mol. The molecule has 0 bridgehead atoms. The van der Waals surface area contributed by atoms with Crippen LogP contribution in [0.2, 0.25) is 0 Å². The number of H-pyrrole nitrogens is 1. The largest absolute Gasteiger partial charge is 0.338 e. The fourth-order valence-electron chi connectivity index (χ4n) is 3.50. The van der Waals surface area contributed by atoms with Gasteiger partial charge in [0.25, 0.3) is 5.56 Å². The third-order valence-electron chi connectivity index (χ3n) is 4.88. The fourth-order valence-corrected chi connectivity index (χ4v) is 3.50. The van der Waals surface area contributed by atoms with Crippen LogP contribution in [0.5, 0.6) is 0 Å². The zero-order valence-electron chi connectivity index (χ0n) is 15.0. The normalized spacial score (nSPS) is 19.3. The first-order valence-corrected chi connectivity index (χ1v) is 8.90. The molecule has 2 heterocycles. The molecule has 1 aliphatic rings. The van der Waals surface area contributed by atoms with Crippen molar-refractivity contribution in [3.8, 4) is 0 Å². The maximum atomic E-state index is 13.0. The van der Waals surface area contributed by atoms with Crippen molar-refractivity contribution < 1.29 is 4.79 Å². The molecule has 3 N–H and O–H groups in total. The molecular formula is C20H21N5O2. The first-order valence-electron chi connectivity index (χ1n) is 8.90. The van der Waals surface area contributed by atoms with Gasteiger partial charge in [0, 0.05) is 13.6 Å². The van der Waals surface area contributed by atoms with Crippen LogP contribution in [0, 0.1) is 5.92 Å². The molecule has 2 unspecified atom stereocenters. The molecule has 2 aromatic carbocycles. The number of aromatic nitrogens is 2. The van der Waals surface area contributed by atoms with Gasteiger partial charge in [0.1, 0.15) is 5.82 Å². The van der Waals surface area contributed by atoms with Crippen LogP contribution in [0.25, 0.3) is 10.9 Å². The van der Waals surface area contributed by atoms with Crippen molar-refractivity contribution in [1.82, 2.24) is 25.7 Å². The van der Waals surface area contributed by atoms with E-state index in [1.54, 1.807) is 30.1 Å². The highest BCUT2D eigenvalue weighted by Gasteiger charge is 2.35. The zero-order valence-corrected chi connectivity index (χ0v) is 15.0. The van der Waals surface area contributed by atoms with Crippen LogP contribution in [0.4, 0.5) is 0 Å². The van der Waals surface area contributed by atoms with E-state index in [0.29, 0.717) is 23.3 Å². The highest BCUT2D eigenvalue weighted by atomic mass is 16.2. The summed E-state index contributed by atoms with van der Waals surface area (Å²) < 4.78 is 0. The second-order valence-electron chi connectivity index (χ2n) is 6.74. The van der Waals surface area contributed by atoms with E-state index in [4.69, 9.17) is 0 Å². The van der Waals surface area contributed by atoms with Gasteiger partial charge in [-0.3, -0.25) is 15.0 Å². The van der Waals surface area contributed by atoms with Crippen molar-refractivity contribution in [2.24, 2.45) is 5.92 Å². The summed E-state index contributed by atoms with van der Waals surface area (Å²) in [6.45, 7) is 0.793. The number of hydrogen-bond acceptors (Lipinski definition) is 5. The summed E-state index contributed by atoms with van der Waals surface area (Å²) in [5.74, 6) is 0.242. The molecule has 0 spiro atoms. The molecule has 27 heavy (non-hydrogen) atoms. The molecule has 3 aromatic rings. The number of hydrogen-bond donors (Lipinski definition) is 3. The summed E-state index contributed by atoms with van der Waals surface area (Å²) in [7, 11) is 1.73. The van der Waals surface area contributed by atoms with Crippen LogP contribution < -0.4 is 16.4 Å². The molecule has 1 amide bonds. The number of fused-ring (bicyclic) bond motifs is 1. The Labute approximate surface area is 156 Å². The number of carbonyl (C=O) groups excluding carboxylic acids is 1. The second-order valence-corrected chi connectivity index (χ2v) is 6.74. The van der Waals surface area contributed by atoms with E-state index in [2.05, 4.69) is 20.8 Å². The smallest absolute Gasteiger partial charge is 0.258 e. The Hall–Kier alpha value is -3.03. The van der Waals surface area contributed by atoms with Crippen LogP contribution in [0.1, 0.15) is 17.4 Å². The van der Waals surface area contributed by atoms with Gasteiger partial charge in [0.15, 0.2) is 0 Å². The number of amides is 1. The van der Waals surface area contributed by atoms with Crippen molar-refractivity contribution in [2.75, 3.05) is 13.6 Å². The lowest BCUT2D eigenvalue weighted by molar-refractivity contribution is -0.134. The van der Waals surface area contributed by atoms with Crippen LogP contribution >= 0.6 is 0 Å². The summed E-state index contributed by atoms with van der Waals surface area (Å²) in [5, 5.41) is 0.545. The molecule has 2 atom stereocenters. The number of rotatable bonds is 4. The number of nitrogens with one attached hydrogen (secondary N) is 3. The Morgan fingerprint density at radius 1 is 1.15 bits per heavy atom. The highest BCUT2D eigenvalue weighted by Crippen LogP contribution is 2.26. The van der Waals surface area contributed by atoms with Gasteiger partial charge in [0.05, 0.1) is 29.4 Å². The predicted octanol–water partition coefficient (Wildman–Crippen LogP) is 1.35. The maximum absolute atomic E-state index is 13.0. The molecule has 1 saturated heterocycles. The number of para-hydroxylation sites is 1. The van der Waals surface area contributed by atoms with Crippen LogP contribution in [0.3, 0.4) is 0 Å². The van der Waals surface area contributed by atoms with E-state index in [-0.39, 0.29) is 30.0 Å². The summed E-state index contributed by atoms with van der Waals surface area (Å²) in [4.78, 5) is 34.1. The van der Waals surface area contributed by atoms with Crippen LogP contribution in [0.15, 0.2) is 59.4 Å². The lowest BCUT2D eigenvalue weighted by Gasteiger charge is -2.24. The average Bonchev–Trinajstić information content (AvgIpc) is 3.18. The summed E-state index contributed by atoms with van der Waals surface area (Å²) in [6.07, 6.45) is 0. The van der Waals surface area contributed by atoms with Crippen LogP contribution in [-0.2, 0) is 11.3 Å². The van der Waals surface area contributed by atoms with Gasteiger partial charge in [-0.05, 0) is 17.7 Å². The van der Waals surface area contributed by atoms with Gasteiger partial charge < -0.3 is 9.88 Å². The van der Waals surface area contributed by atoms with Crippen molar-refractivity contribution in [3.05, 3.63) is 76.3 Å². The number of nitrogens with zero attached hydrogens (tertiary/aromatic N) is 2. The summed E-state index contributed by atoms with van der Waals surface area (Å²) >= 11 is 0. The highest BCUT2D eigenvalue weighted by molar-refractivity contribution is 5.80. The zero-order chi connectivity index (χ0) is 18.8. The number of hydrazine groups is 1. The second kappa shape index (κ2) is 7.30. The molecule has 0 aliphatic carbocycles. The minimum Gasteiger partial charge on any atom is -0.338 e. The lowest BCUT2D eigenvalue weighted by atomic mass is 9.94. The first kappa shape index (κ1) is 17.4. The lowest BCUT2D eigenvalue weighted by Crippen LogP contribution is -2.37. The third-order valence-corrected chi connectivity index (χ3v) is 4.88. The molecule has 4 rings (SSSR count). The number of carbonyl (C=O) groups is 1. The Bertz CT molecular complexity index is 1020. The monoisotopic (exact) mass is 363 g/mol. The third kappa shape index (κ3) is 3.47. The topological polar surface area (TPSA) is 90.1 Å². The van der Waals surface area contributed by atoms with E-state index in [1.165, 1.54) is 0 Å². The van der Waals surface area contributed by atoms with Gasteiger partial charge in [-0.25, -0.2) is 10.4 Å². The molecule has 138 valence electrons. The molecule has 0 saturated carbocycles. The van der Waals surface area contributed by atoms with Crippen molar-refractivity contribution in [1.29, 1.82) is 0 Å². The summed E-state index contributed by atoms with van der Waals surface area (Å²) in [5.41, 5.74) is 7.77. The van der Waals surface area contributed by atoms with E-state index < -0.39 is 0 Å². The van der Waals surface area contributed by atoms with Crippen molar-refractivity contribution in [3.63, 3.8) is 0 Å². The van der Waals surface area contributed by atoms with E-state index >= 15 is 0 Å². The molecule has 7 nitrogen and oxygen atoms in total. The minimum atomic E-state index is -0.232. The van der Waals surface area contributed by atoms with E-state index in [1.807, 2.05) is 36.4 Å². The van der Waals surface area contributed by atoms with Gasteiger partial charge >= 0.3 is 0 Å². The van der Waals surface area contributed by atoms with Gasteiger partial charge in [0.2, 0.25) is 5.91 Å². The van der Waals surface area contributed by atoms with Gasteiger partial charge in [-0.2, -0.15) is 0 Å². The van der Waals surface area contributed by atoms with E-state index in [9.17, 15) is 9.59 Å². The first-order chi connectivity index (χ1) is 13.1. The standard InChI is InChI=1S/C20H21N5O2/c1-25(12-17-22-16-10-6-5-9-14(16)19(26)23-17)20(27)15-11-21-24-18(15)13-7-3-2-4-8-13/h2-10,15,18,21,24H,11-12H2,1H3,(H,22,23,26). The van der Waals surface area contributed by atoms with E-state index in [0.717, 1.165) is 5.56 Å². The molecule has 1 fully saturated rings. The molecule has 0 radical (unpaired) electrons. The molecular weight excluding hydrogens is 342 g/mol. The predicted molar refractivity (Wildman–Crippen MR) is 103 cm³/mol. The quantitative estimate of drug-likeness (QED) is 0.651. The Morgan fingerprint density at radius 3 is 2.70 bits per heavy atom. The van der Waals surface area contributed by atoms with Gasteiger partial charge in [-0.1, -0.05) is 42.5 Å². The molecule has 7 heteroatoms.